The van der Waals surface area contributed by atoms with Gasteiger partial charge in [-0.15, -0.1) is 0 Å². The van der Waals surface area contributed by atoms with E-state index in [-0.39, 0.29) is 0 Å². The summed E-state index contributed by atoms with van der Waals surface area (Å²) in [5.41, 5.74) is 16.4. The molecule has 1 aromatic heterocycles. The van der Waals surface area contributed by atoms with Crippen molar-refractivity contribution in [2.45, 2.75) is 10.8 Å². The molecule has 3 nitrogen and oxygen atoms in total. The summed E-state index contributed by atoms with van der Waals surface area (Å²) >= 11 is 0. The summed E-state index contributed by atoms with van der Waals surface area (Å²) in [5, 5.41) is 0. The highest BCUT2D eigenvalue weighted by Gasteiger charge is 2.56. The number of rotatable bonds is 6. The third kappa shape index (κ3) is 5.28. The molecule has 0 atom stereocenters. The molecule has 62 heavy (non-hydrogen) atoms. The Morgan fingerprint density at radius 2 is 0.613 bits per heavy atom. The molecule has 1 spiro atoms. The lowest BCUT2D eigenvalue weighted by atomic mass is 9.51. The van der Waals surface area contributed by atoms with Gasteiger partial charge < -0.3 is 0 Å². The van der Waals surface area contributed by atoms with E-state index < -0.39 is 10.8 Å². The standard InChI is InChI=1S/C59H39N3/c1-5-20-40(21-6-1)42-24-19-25-43(38-42)56-60-55(41-22-7-2-8-23-41)61-57(62-56)44-36-37-48-47-30-13-14-31-49(47)59(54(48)39-44)52-34-17-15-32-50(52)58(45-26-9-3-10-27-45,46-28-11-4-12-29-46)51-33-16-18-35-53(51)59/h1-39H. The van der Waals surface area contributed by atoms with Crippen LogP contribution in [0, 0.1) is 0 Å². The van der Waals surface area contributed by atoms with Crippen LogP contribution in [-0.4, -0.2) is 15.0 Å². The Morgan fingerprint density at radius 3 is 1.18 bits per heavy atom. The lowest BCUT2D eigenvalue weighted by Crippen LogP contribution is -2.44. The van der Waals surface area contributed by atoms with Crippen molar-refractivity contribution >= 4 is 0 Å². The highest BCUT2D eigenvalue weighted by molar-refractivity contribution is 5.91. The van der Waals surface area contributed by atoms with E-state index in [4.69, 9.17) is 15.0 Å². The number of fused-ring (bicyclic) bond motifs is 9. The second-order valence-corrected chi connectivity index (χ2v) is 16.2. The van der Waals surface area contributed by atoms with Gasteiger partial charge in [0.05, 0.1) is 10.8 Å². The van der Waals surface area contributed by atoms with Crippen LogP contribution in [0.3, 0.4) is 0 Å². The van der Waals surface area contributed by atoms with Gasteiger partial charge in [0.15, 0.2) is 17.5 Å². The van der Waals surface area contributed by atoms with Crippen LogP contribution in [0.4, 0.5) is 0 Å². The summed E-state index contributed by atoms with van der Waals surface area (Å²) in [6.07, 6.45) is 0. The smallest absolute Gasteiger partial charge is 0.164 e. The van der Waals surface area contributed by atoms with Crippen LogP contribution in [0.5, 0.6) is 0 Å². The molecular weight excluding hydrogens is 751 g/mol. The maximum Gasteiger partial charge on any atom is 0.164 e. The molecule has 2 aliphatic carbocycles. The Hall–Kier alpha value is -8.01. The van der Waals surface area contributed by atoms with Crippen LogP contribution in [-0.2, 0) is 10.8 Å². The Labute approximate surface area is 361 Å². The van der Waals surface area contributed by atoms with E-state index in [0.717, 1.165) is 27.8 Å². The van der Waals surface area contributed by atoms with E-state index in [1.165, 1.54) is 55.6 Å². The molecule has 12 rings (SSSR count). The summed E-state index contributed by atoms with van der Waals surface area (Å²) in [6.45, 7) is 0. The van der Waals surface area contributed by atoms with Gasteiger partial charge >= 0.3 is 0 Å². The van der Waals surface area contributed by atoms with Crippen molar-refractivity contribution in [3.05, 3.63) is 281 Å². The number of aromatic nitrogens is 3. The van der Waals surface area contributed by atoms with E-state index in [9.17, 15) is 0 Å². The number of benzene rings is 9. The fourth-order valence-electron chi connectivity index (χ4n) is 10.5. The molecule has 0 aliphatic heterocycles. The molecule has 9 aromatic carbocycles. The zero-order valence-corrected chi connectivity index (χ0v) is 33.9. The molecule has 0 saturated heterocycles. The van der Waals surface area contributed by atoms with Gasteiger partial charge in [-0.05, 0) is 78.9 Å². The van der Waals surface area contributed by atoms with Gasteiger partial charge in [-0.1, -0.05) is 224 Å². The SMILES string of the molecule is c1ccc(-c2cccc(-c3nc(-c4ccccc4)nc(-c4ccc5c(c4)C4(c6ccccc6-5)c5ccccc5C(c5ccccc5)(c5ccccc5)c5ccccc54)n3)c2)cc1. The monoisotopic (exact) mass is 789 g/mol. The van der Waals surface area contributed by atoms with Gasteiger partial charge in [0, 0.05) is 16.7 Å². The maximum atomic E-state index is 5.31. The predicted octanol–water partition coefficient (Wildman–Crippen LogP) is 13.6. The first kappa shape index (κ1) is 35.9. The molecule has 0 bridgehead atoms. The topological polar surface area (TPSA) is 38.7 Å². The van der Waals surface area contributed by atoms with Crippen LogP contribution in [0.15, 0.2) is 237 Å². The third-order valence-electron chi connectivity index (χ3n) is 13.1. The first-order valence-corrected chi connectivity index (χ1v) is 21.3. The van der Waals surface area contributed by atoms with Crippen molar-refractivity contribution in [1.29, 1.82) is 0 Å². The minimum atomic E-state index is -0.635. The highest BCUT2D eigenvalue weighted by atomic mass is 15.0. The molecule has 0 fully saturated rings. The zero-order chi connectivity index (χ0) is 41.1. The Kier molecular flexibility index (Phi) is 8.29. The molecule has 2 aliphatic rings. The van der Waals surface area contributed by atoms with Crippen LogP contribution in [0.1, 0.15) is 44.5 Å². The fraction of sp³-hybridized carbons (Fsp3) is 0.0339. The summed E-state index contributed by atoms with van der Waals surface area (Å²) in [4.78, 5) is 15.7. The van der Waals surface area contributed by atoms with E-state index in [1.807, 2.05) is 24.3 Å². The number of nitrogens with zero attached hydrogens (tertiary/aromatic N) is 3. The normalized spacial score (nSPS) is 13.7. The average Bonchev–Trinajstić information content (AvgIpc) is 3.65. The molecule has 0 saturated carbocycles. The van der Waals surface area contributed by atoms with Gasteiger partial charge in [-0.3, -0.25) is 0 Å². The second-order valence-electron chi connectivity index (χ2n) is 16.2. The lowest BCUT2D eigenvalue weighted by molar-refractivity contribution is 0.623. The van der Waals surface area contributed by atoms with Crippen molar-refractivity contribution in [2.75, 3.05) is 0 Å². The highest BCUT2D eigenvalue weighted by Crippen LogP contribution is 2.64. The van der Waals surface area contributed by atoms with E-state index in [0.29, 0.717) is 17.5 Å². The molecule has 0 unspecified atom stereocenters. The van der Waals surface area contributed by atoms with Crippen LogP contribution < -0.4 is 0 Å². The summed E-state index contributed by atoms with van der Waals surface area (Å²) in [5.74, 6) is 1.90. The summed E-state index contributed by atoms with van der Waals surface area (Å²) in [7, 11) is 0. The van der Waals surface area contributed by atoms with Gasteiger partial charge in [-0.2, -0.15) is 0 Å². The summed E-state index contributed by atoms with van der Waals surface area (Å²) in [6, 6.07) is 85.5. The molecule has 0 radical (unpaired) electrons. The van der Waals surface area contributed by atoms with Crippen molar-refractivity contribution in [1.82, 2.24) is 15.0 Å². The number of hydrogen-bond acceptors (Lipinski definition) is 3. The minimum absolute atomic E-state index is 0.571. The molecule has 0 N–H and O–H groups in total. The molecule has 0 amide bonds. The molecule has 10 aromatic rings. The number of hydrogen-bond donors (Lipinski definition) is 0. The van der Waals surface area contributed by atoms with Crippen molar-refractivity contribution in [3.63, 3.8) is 0 Å². The fourth-order valence-corrected chi connectivity index (χ4v) is 10.5. The Morgan fingerprint density at radius 1 is 0.226 bits per heavy atom. The molecular formula is C59H39N3. The van der Waals surface area contributed by atoms with Crippen LogP contribution >= 0.6 is 0 Å². The average molecular weight is 790 g/mol. The molecule has 1 heterocycles. The van der Waals surface area contributed by atoms with Crippen LogP contribution in [0.2, 0.25) is 0 Å². The van der Waals surface area contributed by atoms with Gasteiger partial charge in [0.1, 0.15) is 0 Å². The van der Waals surface area contributed by atoms with Crippen molar-refractivity contribution < 1.29 is 0 Å². The van der Waals surface area contributed by atoms with Crippen LogP contribution in [0.25, 0.3) is 56.4 Å². The first-order chi connectivity index (χ1) is 30.7. The van der Waals surface area contributed by atoms with Gasteiger partial charge in [-0.25, -0.2) is 15.0 Å². The molecule has 290 valence electrons. The first-order valence-electron chi connectivity index (χ1n) is 21.3. The lowest BCUT2D eigenvalue weighted by Gasteiger charge is -2.50. The minimum Gasteiger partial charge on any atom is -0.208 e. The Bertz CT molecular complexity index is 3200. The van der Waals surface area contributed by atoms with Crippen molar-refractivity contribution in [2.24, 2.45) is 0 Å². The van der Waals surface area contributed by atoms with E-state index in [1.54, 1.807) is 0 Å². The van der Waals surface area contributed by atoms with E-state index >= 15 is 0 Å². The third-order valence-corrected chi connectivity index (χ3v) is 13.1. The summed E-state index contributed by atoms with van der Waals surface area (Å²) < 4.78 is 0. The van der Waals surface area contributed by atoms with Gasteiger partial charge in [0.25, 0.3) is 0 Å². The van der Waals surface area contributed by atoms with E-state index in [2.05, 4.69) is 212 Å². The molecule has 3 heteroatoms. The van der Waals surface area contributed by atoms with Gasteiger partial charge in [0.2, 0.25) is 0 Å². The maximum absolute atomic E-state index is 5.31. The van der Waals surface area contributed by atoms with Crippen molar-refractivity contribution in [3.8, 4) is 56.4 Å². The quantitative estimate of drug-likeness (QED) is 0.168. The second kappa shape index (κ2) is 14.3. The largest absolute Gasteiger partial charge is 0.208 e. The zero-order valence-electron chi connectivity index (χ0n) is 33.9. The predicted molar refractivity (Wildman–Crippen MR) is 251 cm³/mol. The Balaban J connectivity index is 1.13.